The normalized spacial score (nSPS) is 23.4. The maximum Gasteiger partial charge on any atom is 0.410 e. The summed E-state index contributed by atoms with van der Waals surface area (Å²) in [4.78, 5) is 55.8. The number of nitrogens with two attached hydrogens (primary N) is 1. The molecule has 1 aromatic carbocycles. The number of benzene rings is 1. The third-order valence-electron chi connectivity index (χ3n) is 9.84. The molecule has 0 spiro atoms. The van der Waals surface area contributed by atoms with Gasteiger partial charge in [0.2, 0.25) is 5.91 Å². The number of hydrogen-bond donors (Lipinski definition) is 1. The maximum atomic E-state index is 15.5. The van der Waals surface area contributed by atoms with Gasteiger partial charge in [-0.25, -0.2) is 9.18 Å². The topological polar surface area (TPSA) is 132 Å². The van der Waals surface area contributed by atoms with Gasteiger partial charge in [0.25, 0.3) is 5.91 Å². The van der Waals surface area contributed by atoms with E-state index in [9.17, 15) is 19.2 Å². The molecule has 3 aliphatic heterocycles. The number of fused-ring (bicyclic) bond motifs is 1. The van der Waals surface area contributed by atoms with Crippen molar-refractivity contribution in [1.29, 1.82) is 0 Å². The van der Waals surface area contributed by atoms with Crippen molar-refractivity contribution in [2.75, 3.05) is 26.2 Å². The Bertz CT molecular complexity index is 1370. The lowest BCUT2D eigenvalue weighted by Crippen LogP contribution is -2.52. The van der Waals surface area contributed by atoms with Gasteiger partial charge in [0.15, 0.2) is 0 Å². The van der Waals surface area contributed by atoms with E-state index in [2.05, 4.69) is 4.90 Å². The number of likely N-dealkylation sites (tertiary alicyclic amines) is 2. The van der Waals surface area contributed by atoms with E-state index in [0.717, 1.165) is 51.6 Å². The van der Waals surface area contributed by atoms with Crippen LogP contribution in [-0.2, 0) is 30.3 Å². The Morgan fingerprint density at radius 1 is 0.917 bits per heavy atom. The van der Waals surface area contributed by atoms with Crippen LogP contribution in [0.2, 0.25) is 0 Å². The lowest BCUT2D eigenvalue weighted by molar-refractivity contribution is -0.155. The van der Waals surface area contributed by atoms with Gasteiger partial charge in [-0.2, -0.15) is 0 Å². The van der Waals surface area contributed by atoms with Crippen molar-refractivity contribution in [3.63, 3.8) is 0 Å². The summed E-state index contributed by atoms with van der Waals surface area (Å²) in [6.45, 7) is 14.1. The number of amides is 3. The Labute approximate surface area is 283 Å². The molecule has 1 aliphatic carbocycles. The smallest absolute Gasteiger partial charge is 0.410 e. The second-order valence-corrected chi connectivity index (χ2v) is 15.9. The fraction of sp³-hybridized carbons (Fsp3) is 0.722. The van der Waals surface area contributed by atoms with E-state index >= 15 is 4.39 Å². The highest BCUT2D eigenvalue weighted by Gasteiger charge is 2.40. The number of carbonyl (C=O) groups is 4. The Kier molecular flexibility index (Phi) is 10.7. The molecule has 3 amide bonds. The molecule has 1 unspecified atom stereocenters. The van der Waals surface area contributed by atoms with Crippen molar-refractivity contribution in [2.45, 2.75) is 141 Å². The minimum absolute atomic E-state index is 0.0390. The molecule has 0 bridgehead atoms. The molecule has 0 aromatic heterocycles. The van der Waals surface area contributed by atoms with Crippen LogP contribution in [0.25, 0.3) is 0 Å². The van der Waals surface area contributed by atoms with Crippen molar-refractivity contribution in [2.24, 2.45) is 5.73 Å². The van der Waals surface area contributed by atoms with Crippen molar-refractivity contribution in [1.82, 2.24) is 14.7 Å². The Balaban J connectivity index is 1.08. The average molecular weight is 673 g/mol. The zero-order chi connectivity index (χ0) is 35.0. The second-order valence-electron chi connectivity index (χ2n) is 15.9. The van der Waals surface area contributed by atoms with Crippen molar-refractivity contribution < 1.29 is 37.8 Å². The number of carbonyl (C=O) groups excluding carboxylic acids is 4. The summed E-state index contributed by atoms with van der Waals surface area (Å²) in [5.74, 6) is -1.99. The number of primary amides is 1. The van der Waals surface area contributed by atoms with Crippen LogP contribution in [0.4, 0.5) is 9.18 Å². The number of rotatable bonds is 9. The van der Waals surface area contributed by atoms with Crippen LogP contribution in [0.1, 0.15) is 120 Å². The minimum atomic E-state index is -0.993. The lowest BCUT2D eigenvalue weighted by atomic mass is 9.83. The third kappa shape index (κ3) is 8.85. The fourth-order valence-corrected chi connectivity index (χ4v) is 7.34. The first-order valence-electron chi connectivity index (χ1n) is 17.5. The number of esters is 1. The molecule has 1 aromatic rings. The van der Waals surface area contributed by atoms with Gasteiger partial charge in [-0.1, -0.05) is 6.07 Å². The lowest BCUT2D eigenvalue weighted by Gasteiger charge is -2.47. The minimum Gasteiger partial charge on any atom is -0.460 e. The molecule has 3 fully saturated rings. The molecule has 5 rings (SSSR count). The molecular formula is C36H53FN4O7. The van der Waals surface area contributed by atoms with E-state index in [0.29, 0.717) is 30.3 Å². The first-order chi connectivity index (χ1) is 22.5. The standard InChI is InChI=1S/C36H53FN4O7/c1-35(2,3)47-31(42)8-7-30(32(38)43)41-21-23-17-27(29(37)20-28(23)33(41)44)22-9-13-39(14-10-22)24-18-26(19-24)46-25-11-15-40(16-12-25)34(45)48-36(4,5)6/h17,20,22,24-26,30H,7-16,18-19,21H2,1-6H3,(H2,38,43)/t24-,26-,30?. The van der Waals surface area contributed by atoms with E-state index in [-0.39, 0.29) is 49.2 Å². The third-order valence-corrected chi connectivity index (χ3v) is 9.84. The summed E-state index contributed by atoms with van der Waals surface area (Å²) < 4.78 is 32.7. The van der Waals surface area contributed by atoms with Gasteiger partial charge in [-0.3, -0.25) is 14.4 Å². The molecule has 4 aliphatic rings. The number of nitrogens with zero attached hydrogens (tertiary/aromatic N) is 3. The molecular weight excluding hydrogens is 619 g/mol. The van der Waals surface area contributed by atoms with E-state index in [1.165, 1.54) is 11.0 Å². The molecule has 2 N–H and O–H groups in total. The van der Waals surface area contributed by atoms with Crippen molar-refractivity contribution >= 4 is 23.9 Å². The summed E-state index contributed by atoms with van der Waals surface area (Å²) >= 11 is 0. The van der Waals surface area contributed by atoms with E-state index in [1.54, 1.807) is 31.7 Å². The second kappa shape index (κ2) is 14.3. The highest BCUT2D eigenvalue weighted by molar-refractivity contribution is 6.01. The predicted molar refractivity (Wildman–Crippen MR) is 177 cm³/mol. The SMILES string of the molecule is CC(C)(C)OC(=O)CCC(C(N)=O)N1Cc2cc(C3CCN([C@H]4C[C@H](OC5CCN(C(=O)OC(C)(C)C)CC5)C4)CC3)c(F)cc2C1=O. The van der Waals surface area contributed by atoms with Gasteiger partial charge in [0.1, 0.15) is 23.1 Å². The van der Waals surface area contributed by atoms with Gasteiger partial charge in [0, 0.05) is 37.7 Å². The van der Waals surface area contributed by atoms with Crippen LogP contribution in [-0.4, -0.2) is 100 Å². The van der Waals surface area contributed by atoms with Crippen molar-refractivity contribution in [3.8, 4) is 0 Å². The van der Waals surface area contributed by atoms with Crippen LogP contribution in [0.3, 0.4) is 0 Å². The summed E-state index contributed by atoms with van der Waals surface area (Å²) in [5.41, 5.74) is 6.03. The van der Waals surface area contributed by atoms with E-state index in [4.69, 9.17) is 19.9 Å². The van der Waals surface area contributed by atoms with Gasteiger partial charge in [0.05, 0.1) is 12.2 Å². The Morgan fingerprint density at radius 2 is 1.54 bits per heavy atom. The van der Waals surface area contributed by atoms with Gasteiger partial charge >= 0.3 is 12.1 Å². The molecule has 3 heterocycles. The quantitative estimate of drug-likeness (QED) is 0.367. The van der Waals surface area contributed by atoms with E-state index < -0.39 is 40.8 Å². The Morgan fingerprint density at radius 3 is 2.12 bits per heavy atom. The van der Waals surface area contributed by atoms with Crippen LogP contribution < -0.4 is 5.73 Å². The molecule has 2 saturated heterocycles. The van der Waals surface area contributed by atoms with Crippen LogP contribution in [0, 0.1) is 5.82 Å². The summed E-state index contributed by atoms with van der Waals surface area (Å²) in [7, 11) is 0. The Hall–Kier alpha value is -3.25. The summed E-state index contributed by atoms with van der Waals surface area (Å²) in [6.07, 6.45) is 5.35. The van der Waals surface area contributed by atoms with Crippen LogP contribution in [0.5, 0.6) is 0 Å². The monoisotopic (exact) mass is 672 g/mol. The van der Waals surface area contributed by atoms with Crippen LogP contribution >= 0.6 is 0 Å². The summed E-state index contributed by atoms with van der Waals surface area (Å²) in [6, 6.07) is 2.56. The van der Waals surface area contributed by atoms with E-state index in [1.807, 2.05) is 20.8 Å². The van der Waals surface area contributed by atoms with Gasteiger partial charge < -0.3 is 34.6 Å². The first-order valence-corrected chi connectivity index (χ1v) is 17.5. The first kappa shape index (κ1) is 36.0. The summed E-state index contributed by atoms with van der Waals surface area (Å²) in [5, 5.41) is 0. The molecule has 48 heavy (non-hydrogen) atoms. The average Bonchev–Trinajstić information content (AvgIpc) is 3.27. The molecule has 12 heteroatoms. The number of halogens is 1. The zero-order valence-corrected chi connectivity index (χ0v) is 29.4. The number of ether oxygens (including phenoxy) is 3. The molecule has 266 valence electrons. The molecule has 1 atom stereocenters. The fourth-order valence-electron chi connectivity index (χ4n) is 7.34. The highest BCUT2D eigenvalue weighted by Crippen LogP contribution is 2.38. The van der Waals surface area contributed by atoms with Gasteiger partial charge in [-0.15, -0.1) is 0 Å². The van der Waals surface area contributed by atoms with Crippen LogP contribution in [0.15, 0.2) is 12.1 Å². The van der Waals surface area contributed by atoms with Crippen molar-refractivity contribution in [3.05, 3.63) is 34.6 Å². The number of hydrogen-bond acceptors (Lipinski definition) is 8. The molecule has 11 nitrogen and oxygen atoms in total. The predicted octanol–water partition coefficient (Wildman–Crippen LogP) is 4.88. The van der Waals surface area contributed by atoms with Gasteiger partial charge in [-0.05, 0) is 123 Å². The highest BCUT2D eigenvalue weighted by atomic mass is 19.1. The zero-order valence-electron chi connectivity index (χ0n) is 29.4. The number of piperidine rings is 2. The maximum absolute atomic E-state index is 15.5. The molecule has 1 saturated carbocycles. The largest absolute Gasteiger partial charge is 0.460 e. The molecule has 0 radical (unpaired) electrons.